The smallest absolute Gasteiger partial charge is 0.444 e. The molecule has 14 heavy (non-hydrogen) atoms. The normalized spacial score (nSPS) is 6.57. The fourth-order valence-corrected chi connectivity index (χ4v) is 0.642. The van der Waals surface area contributed by atoms with Crippen LogP contribution in [-0.2, 0) is 17.1 Å². The van der Waals surface area contributed by atoms with Crippen LogP contribution >= 0.6 is 0 Å². The Kier molecular flexibility index (Phi) is 15.3. The van der Waals surface area contributed by atoms with Crippen LogP contribution in [0.1, 0.15) is 0 Å². The molecule has 0 heterocycles. The first kappa shape index (κ1) is 15.1. The van der Waals surface area contributed by atoms with Gasteiger partial charge in [-0.15, -0.1) is 5.34 Å². The fraction of sp³-hybridized carbons (Fsp3) is 0. The first-order valence-corrected chi connectivity index (χ1v) is 3.70. The van der Waals surface area contributed by atoms with E-state index in [0.29, 0.717) is 0 Å². The van der Waals surface area contributed by atoms with Gasteiger partial charge in [0, 0.05) is 0 Å². The summed E-state index contributed by atoms with van der Waals surface area (Å²) in [4.78, 5) is 8.00. The molecule has 0 bridgehead atoms. The third-order valence-corrected chi connectivity index (χ3v) is 1.11. The summed E-state index contributed by atoms with van der Waals surface area (Å²) in [6.45, 7) is 0. The molecule has 0 N–H and O–H groups in total. The van der Waals surface area contributed by atoms with Gasteiger partial charge >= 0.3 is 17.1 Å². The summed E-state index contributed by atoms with van der Waals surface area (Å²) < 4.78 is 0. The molecule has 0 atom stereocenters. The van der Waals surface area contributed by atoms with E-state index >= 15 is 0 Å². The number of rotatable bonds is 0. The van der Waals surface area contributed by atoms with Gasteiger partial charge in [-0.3, -0.25) is 0 Å². The van der Waals surface area contributed by atoms with Gasteiger partial charge in [0.2, 0.25) is 0 Å². The van der Waals surface area contributed by atoms with E-state index in [-0.39, 0.29) is 17.1 Å². The molecule has 0 saturated carbocycles. The molecule has 0 radical (unpaired) electrons. The minimum Gasteiger partial charge on any atom is -0.444 e. The molecule has 0 aliphatic carbocycles. The summed E-state index contributed by atoms with van der Waals surface area (Å²) in [7, 11) is 0. The predicted molar refractivity (Wildman–Crippen MR) is 53.2 cm³/mol. The molecule has 0 saturated heterocycles. The second-order valence-corrected chi connectivity index (χ2v) is 2.00. The van der Waals surface area contributed by atoms with Gasteiger partial charge < -0.3 is 10.1 Å². The maximum absolute atomic E-state index is 8.00. The zero-order chi connectivity index (χ0) is 9.78. The van der Waals surface area contributed by atoms with Crippen LogP contribution in [0.2, 0.25) is 0 Å². The Morgan fingerprint density at radius 2 is 1.07 bits per heavy atom. The van der Waals surface area contributed by atoms with Gasteiger partial charge in [0.1, 0.15) is 0 Å². The molecule has 0 aliphatic rings. The van der Waals surface area contributed by atoms with Crippen molar-refractivity contribution in [2.24, 2.45) is 5.34 Å². The van der Waals surface area contributed by atoms with Crippen LogP contribution in [0, 0.1) is 10.1 Å². The van der Waals surface area contributed by atoms with Crippen molar-refractivity contribution in [3.63, 3.8) is 0 Å². The van der Waals surface area contributed by atoms with E-state index in [1.54, 1.807) is 0 Å². The van der Waals surface area contributed by atoms with Crippen molar-refractivity contribution >= 4 is 0 Å². The third-order valence-electron chi connectivity index (χ3n) is 1.11. The number of hydrogen-bond acceptors (Lipinski definition) is 3. The largest absolute Gasteiger partial charge is 2.00 e. The van der Waals surface area contributed by atoms with E-state index in [9.17, 15) is 0 Å². The maximum Gasteiger partial charge on any atom is 2.00 e. The predicted octanol–water partition coefficient (Wildman–Crippen LogP) is 3.06. The molecule has 2 aromatic rings. The van der Waals surface area contributed by atoms with Gasteiger partial charge in [0.25, 0.3) is 0 Å². The van der Waals surface area contributed by atoms with E-state index < -0.39 is 0 Å². The van der Waals surface area contributed by atoms with Gasteiger partial charge in [0.05, 0.1) is 0 Å². The van der Waals surface area contributed by atoms with Crippen LogP contribution < -0.4 is 0 Å². The van der Waals surface area contributed by atoms with Gasteiger partial charge in [-0.05, 0) is 0 Å². The molecule has 0 spiro atoms. The van der Waals surface area contributed by atoms with Gasteiger partial charge in [-0.2, -0.15) is 36.4 Å². The second-order valence-electron chi connectivity index (χ2n) is 2.00. The molecule has 0 fully saturated rings. The summed E-state index contributed by atoms with van der Waals surface area (Å²) in [5, 5.41) is 9.00. The first-order valence-electron chi connectivity index (χ1n) is 3.70. The van der Waals surface area contributed by atoms with Crippen LogP contribution in [0.25, 0.3) is 0 Å². The molecule has 76 valence electrons. The molecule has 0 aliphatic heterocycles. The average molecular weight is 232 g/mol. The summed E-state index contributed by atoms with van der Waals surface area (Å²) in [6.07, 6.45) is 0. The van der Waals surface area contributed by atoms with Crippen molar-refractivity contribution in [3.8, 4) is 0 Å². The van der Waals surface area contributed by atoms with Gasteiger partial charge in [-0.25, -0.2) is 24.3 Å². The Balaban J connectivity index is 0. The van der Waals surface area contributed by atoms with E-state index in [2.05, 4.69) is 0 Å². The van der Waals surface area contributed by atoms with Crippen molar-refractivity contribution in [2.45, 2.75) is 0 Å². The first-order chi connectivity index (χ1) is 6.41. The average Bonchev–Trinajstić information content (AvgIpc) is 2.85. The SMILES string of the molecule is O=N[O-].[Fe+2].c1cc[cH-]c1.c1cc[cH-]c1. The number of nitrogens with zero attached hydrogens (tertiary/aromatic N) is 1. The maximum atomic E-state index is 8.00. The van der Waals surface area contributed by atoms with Crippen molar-refractivity contribution < 1.29 is 17.1 Å². The zero-order valence-corrected chi connectivity index (χ0v) is 8.49. The molecule has 4 heteroatoms. The number of hydrogen-bond donors (Lipinski definition) is 0. The van der Waals surface area contributed by atoms with Crippen molar-refractivity contribution in [3.05, 3.63) is 70.8 Å². The van der Waals surface area contributed by atoms with E-state index in [1.807, 2.05) is 60.7 Å². The molecular formula is C10H10FeNO2-. The Morgan fingerprint density at radius 1 is 0.857 bits per heavy atom. The quantitative estimate of drug-likeness (QED) is 0.303. The molecule has 0 aromatic heterocycles. The molecule has 0 amide bonds. The second kappa shape index (κ2) is 14.2. The molecular weight excluding hydrogens is 222 g/mol. The fourth-order valence-electron chi connectivity index (χ4n) is 0.642. The van der Waals surface area contributed by atoms with Crippen LogP contribution in [0.15, 0.2) is 66.0 Å². The molecule has 2 rings (SSSR count). The van der Waals surface area contributed by atoms with Gasteiger partial charge in [0.15, 0.2) is 0 Å². The van der Waals surface area contributed by atoms with Crippen LogP contribution in [-0.4, -0.2) is 0 Å². The monoisotopic (exact) mass is 232 g/mol. The van der Waals surface area contributed by atoms with Crippen molar-refractivity contribution in [1.29, 1.82) is 0 Å². The minimum absolute atomic E-state index is 0. The van der Waals surface area contributed by atoms with Crippen molar-refractivity contribution in [2.75, 3.05) is 0 Å². The Morgan fingerprint density at radius 3 is 1.14 bits per heavy atom. The van der Waals surface area contributed by atoms with E-state index in [0.717, 1.165) is 5.34 Å². The Labute approximate surface area is 93.5 Å². The van der Waals surface area contributed by atoms with E-state index in [4.69, 9.17) is 10.1 Å². The molecule has 3 nitrogen and oxygen atoms in total. The summed E-state index contributed by atoms with van der Waals surface area (Å²) in [6, 6.07) is 20.0. The zero-order valence-electron chi connectivity index (χ0n) is 7.39. The Bertz CT molecular complexity index is 193. The summed E-state index contributed by atoms with van der Waals surface area (Å²) >= 11 is 0. The van der Waals surface area contributed by atoms with Crippen LogP contribution in [0.4, 0.5) is 0 Å². The Hall–Kier alpha value is -1.38. The topological polar surface area (TPSA) is 52.5 Å². The molecule has 0 unspecified atom stereocenters. The summed E-state index contributed by atoms with van der Waals surface area (Å²) in [5.41, 5.74) is 0. The van der Waals surface area contributed by atoms with Gasteiger partial charge in [-0.1, -0.05) is 0 Å². The molecule has 2 aromatic carbocycles. The third kappa shape index (κ3) is 13.2. The van der Waals surface area contributed by atoms with Crippen molar-refractivity contribution in [1.82, 2.24) is 0 Å². The minimum atomic E-state index is 0. The van der Waals surface area contributed by atoms with E-state index in [1.165, 1.54) is 0 Å². The summed E-state index contributed by atoms with van der Waals surface area (Å²) in [5.74, 6) is 0. The standard InChI is InChI=1S/2C5H5.Fe.HNO2/c2*1-2-4-5-3-1;;2-1-3/h2*1-5H;;(H,2,3)/q2*-1;+2;/p-1. The van der Waals surface area contributed by atoms with Crippen LogP contribution in [0.3, 0.4) is 0 Å². The van der Waals surface area contributed by atoms with Crippen LogP contribution in [0.5, 0.6) is 0 Å².